The Bertz CT molecular complexity index is 530. The number of thiol groups is 1. The molecule has 0 aliphatic rings. The van der Waals surface area contributed by atoms with Crippen molar-refractivity contribution in [2.75, 3.05) is 12.3 Å². The largest absolute Gasteiger partial charge is 0.237 e. The van der Waals surface area contributed by atoms with E-state index in [0.717, 1.165) is 5.56 Å². The average molecular weight is 282 g/mol. The van der Waals surface area contributed by atoms with Gasteiger partial charge in [0.05, 0.1) is 17.2 Å². The second kappa shape index (κ2) is 5.65. The normalized spacial score (nSPS) is 13.9. The summed E-state index contributed by atoms with van der Waals surface area (Å²) in [5.74, 6) is -0.177. The van der Waals surface area contributed by atoms with Crippen molar-refractivity contribution in [1.29, 1.82) is 0 Å². The van der Waals surface area contributed by atoms with Crippen LogP contribution in [0.1, 0.15) is 5.56 Å². The van der Waals surface area contributed by atoms with Crippen molar-refractivity contribution < 1.29 is 12.6 Å². The van der Waals surface area contributed by atoms with Gasteiger partial charge >= 0.3 is 0 Å². The quantitative estimate of drug-likeness (QED) is 0.673. The maximum Gasteiger partial charge on any atom is 0.180 e. The SMILES string of the molecule is Cc1ccc(S(=O)(=O)CC/N=[SH](=O)\Cl)cc1. The van der Waals surface area contributed by atoms with Gasteiger partial charge in [-0.25, -0.2) is 17.0 Å². The van der Waals surface area contributed by atoms with Crippen molar-refractivity contribution in [2.45, 2.75) is 11.8 Å². The highest BCUT2D eigenvalue weighted by Crippen LogP contribution is 2.11. The topological polar surface area (TPSA) is 63.6 Å². The summed E-state index contributed by atoms with van der Waals surface area (Å²) in [6.07, 6.45) is 0. The van der Waals surface area contributed by atoms with Crippen molar-refractivity contribution in [3.8, 4) is 0 Å². The number of hydrogen-bond donors (Lipinski definition) is 1. The van der Waals surface area contributed by atoms with Gasteiger partial charge in [0.1, 0.15) is 9.81 Å². The number of halogens is 1. The van der Waals surface area contributed by atoms with Gasteiger partial charge in [-0.3, -0.25) is 0 Å². The van der Waals surface area contributed by atoms with Gasteiger partial charge < -0.3 is 0 Å². The molecule has 0 aliphatic carbocycles. The predicted molar refractivity (Wildman–Crippen MR) is 65.9 cm³/mol. The van der Waals surface area contributed by atoms with Crippen LogP contribution >= 0.6 is 10.7 Å². The lowest BCUT2D eigenvalue weighted by molar-refractivity contribution is 0.596. The Kier molecular flexibility index (Phi) is 4.76. The van der Waals surface area contributed by atoms with Crippen LogP contribution in [0.15, 0.2) is 33.5 Å². The Hall–Kier alpha value is -0.590. The van der Waals surface area contributed by atoms with Gasteiger partial charge in [-0.05, 0) is 29.7 Å². The minimum Gasteiger partial charge on any atom is -0.237 e. The lowest BCUT2D eigenvalue weighted by Gasteiger charge is -2.02. The van der Waals surface area contributed by atoms with E-state index in [1.54, 1.807) is 24.3 Å². The molecule has 0 aliphatic heterocycles. The van der Waals surface area contributed by atoms with Gasteiger partial charge in [-0.2, -0.15) is 0 Å². The molecule has 1 unspecified atom stereocenters. The highest BCUT2D eigenvalue weighted by Gasteiger charge is 2.12. The number of rotatable bonds is 4. The summed E-state index contributed by atoms with van der Waals surface area (Å²) in [6, 6.07) is 6.55. The first kappa shape index (κ1) is 13.5. The molecule has 0 radical (unpaired) electrons. The van der Waals surface area contributed by atoms with E-state index in [0.29, 0.717) is 0 Å². The van der Waals surface area contributed by atoms with Crippen molar-refractivity contribution in [1.82, 2.24) is 0 Å². The van der Waals surface area contributed by atoms with Crippen molar-refractivity contribution in [3.63, 3.8) is 0 Å². The fourth-order valence-electron chi connectivity index (χ4n) is 1.10. The van der Waals surface area contributed by atoms with Crippen LogP contribution in [0.5, 0.6) is 0 Å². The molecule has 1 atom stereocenters. The Morgan fingerprint density at radius 2 is 1.88 bits per heavy atom. The van der Waals surface area contributed by atoms with Crippen LogP contribution in [0.2, 0.25) is 0 Å². The number of benzene rings is 1. The lowest BCUT2D eigenvalue weighted by Crippen LogP contribution is -2.09. The maximum atomic E-state index is 11.7. The van der Waals surface area contributed by atoms with Gasteiger partial charge in [0, 0.05) is 0 Å². The van der Waals surface area contributed by atoms with E-state index in [2.05, 4.69) is 4.36 Å². The highest BCUT2D eigenvalue weighted by atomic mass is 35.7. The first-order valence-corrected chi connectivity index (χ1v) is 8.28. The standard InChI is InChI=1S/C9H12ClNO3S2/c1-8-2-4-9(5-3-8)16(13,14)7-6-11-15(10)12/h2-5,15H,6-7H2,1H3. The predicted octanol–water partition coefficient (Wildman–Crippen LogP) is 1.59. The molecule has 0 aromatic heterocycles. The lowest BCUT2D eigenvalue weighted by atomic mass is 10.2. The monoisotopic (exact) mass is 281 g/mol. The number of nitrogens with zero attached hydrogens (tertiary/aromatic N) is 1. The van der Waals surface area contributed by atoms with Crippen LogP contribution < -0.4 is 0 Å². The third-order valence-corrected chi connectivity index (χ3v) is 4.40. The fourth-order valence-corrected chi connectivity index (χ4v) is 2.84. The zero-order valence-electron chi connectivity index (χ0n) is 8.63. The Morgan fingerprint density at radius 3 is 2.38 bits per heavy atom. The Balaban J connectivity index is 2.82. The number of hydrogen-bond acceptors (Lipinski definition) is 4. The van der Waals surface area contributed by atoms with Gasteiger partial charge in [-0.15, -0.1) is 0 Å². The highest BCUT2D eigenvalue weighted by molar-refractivity contribution is 8.00. The third kappa shape index (κ3) is 4.11. The van der Waals surface area contributed by atoms with Gasteiger partial charge in [0.15, 0.2) is 9.84 Å². The number of sulfone groups is 1. The maximum absolute atomic E-state index is 11.7. The molecule has 4 nitrogen and oxygen atoms in total. The molecule has 0 amide bonds. The molecule has 1 aromatic carbocycles. The minimum absolute atomic E-state index is 0.0467. The van der Waals surface area contributed by atoms with E-state index in [9.17, 15) is 12.6 Å². The van der Waals surface area contributed by atoms with E-state index in [-0.39, 0.29) is 17.2 Å². The van der Waals surface area contributed by atoms with Crippen LogP contribution in [0.4, 0.5) is 0 Å². The van der Waals surface area contributed by atoms with E-state index in [4.69, 9.17) is 10.7 Å². The summed E-state index contributed by atoms with van der Waals surface area (Å²) in [4.78, 5) is 0.248. The molecular formula is C9H12ClNO3S2. The van der Waals surface area contributed by atoms with E-state index in [1.807, 2.05) is 6.92 Å². The molecule has 7 heteroatoms. The molecule has 16 heavy (non-hydrogen) atoms. The summed E-state index contributed by atoms with van der Waals surface area (Å²) in [7, 11) is -0.377. The molecule has 90 valence electrons. The second-order valence-corrected chi connectivity index (χ2v) is 6.94. The molecule has 0 saturated heterocycles. The van der Waals surface area contributed by atoms with Crippen molar-refractivity contribution >= 4 is 30.3 Å². The van der Waals surface area contributed by atoms with Crippen LogP contribution in [0, 0.1) is 6.92 Å². The van der Waals surface area contributed by atoms with Crippen molar-refractivity contribution in [3.05, 3.63) is 29.8 Å². The zero-order chi connectivity index (χ0) is 12.2. The minimum atomic E-state index is -3.35. The second-order valence-electron chi connectivity index (χ2n) is 3.22. The number of aryl methyl sites for hydroxylation is 1. The van der Waals surface area contributed by atoms with Gasteiger partial charge in [-0.1, -0.05) is 17.7 Å². The molecule has 0 bridgehead atoms. The van der Waals surface area contributed by atoms with Crippen LogP contribution in [0.25, 0.3) is 0 Å². The molecule has 1 aromatic rings. The smallest absolute Gasteiger partial charge is 0.180 e. The Morgan fingerprint density at radius 1 is 1.31 bits per heavy atom. The summed E-state index contributed by atoms with van der Waals surface area (Å²) in [5.41, 5.74) is 0.993. The van der Waals surface area contributed by atoms with Crippen molar-refractivity contribution in [2.24, 2.45) is 4.36 Å². The van der Waals surface area contributed by atoms with E-state index < -0.39 is 19.6 Å². The first-order chi connectivity index (χ1) is 7.42. The third-order valence-electron chi connectivity index (χ3n) is 1.95. The fraction of sp³-hybridized carbons (Fsp3) is 0.333. The van der Waals surface area contributed by atoms with E-state index in [1.165, 1.54) is 0 Å². The molecule has 1 rings (SSSR count). The molecular weight excluding hydrogens is 270 g/mol. The summed E-state index contributed by atoms with van der Waals surface area (Å²) in [6.45, 7) is 1.83. The van der Waals surface area contributed by atoms with Crippen LogP contribution in [-0.4, -0.2) is 24.9 Å². The van der Waals surface area contributed by atoms with Crippen LogP contribution in [-0.2, 0) is 19.6 Å². The molecule has 0 saturated carbocycles. The summed E-state index contributed by atoms with van der Waals surface area (Å²) >= 11 is 0. The average Bonchev–Trinajstić information content (AvgIpc) is 2.17. The molecule has 0 fully saturated rings. The molecule has 0 N–H and O–H groups in total. The van der Waals surface area contributed by atoms with E-state index >= 15 is 0 Å². The van der Waals surface area contributed by atoms with Gasteiger partial charge in [0.25, 0.3) is 0 Å². The molecule has 0 spiro atoms. The molecule has 0 heterocycles. The summed E-state index contributed by atoms with van der Waals surface area (Å²) < 4.78 is 37.4. The Labute approximate surface area is 101 Å². The first-order valence-electron chi connectivity index (χ1n) is 4.52. The van der Waals surface area contributed by atoms with Gasteiger partial charge in [0.2, 0.25) is 0 Å². The summed E-state index contributed by atoms with van der Waals surface area (Å²) in [5, 5.41) is 0. The zero-order valence-corrected chi connectivity index (χ0v) is 11.1. The van der Waals surface area contributed by atoms with Crippen LogP contribution in [0.3, 0.4) is 0 Å².